The molecule has 3 unspecified atom stereocenters. The summed E-state index contributed by atoms with van der Waals surface area (Å²) in [5.74, 6) is 0. The van der Waals surface area contributed by atoms with Crippen LogP contribution in [0.2, 0.25) is 0 Å². The number of likely N-dealkylation sites (N-methyl/N-ethyl adjacent to an activating group) is 1. The molecule has 0 aliphatic heterocycles. The van der Waals surface area contributed by atoms with Crippen molar-refractivity contribution in [3.05, 3.63) is 0 Å². The first-order valence-corrected chi connectivity index (χ1v) is 6.88. The molecule has 1 rings (SSSR count). The summed E-state index contributed by atoms with van der Waals surface area (Å²) in [4.78, 5) is 0. The average Bonchev–Trinajstić information content (AvgIpc) is 2.21. The fourth-order valence-corrected chi connectivity index (χ4v) is 2.02. The first-order chi connectivity index (χ1) is 7.98. The van der Waals surface area contributed by atoms with Crippen LogP contribution in [0.4, 0.5) is 0 Å². The molecule has 0 heterocycles. The third kappa shape index (κ3) is 4.94. The van der Waals surface area contributed by atoms with Gasteiger partial charge in [-0.05, 0) is 31.7 Å². The number of nitrogens with one attached hydrogen (secondary N) is 1. The topological polar surface area (TPSA) is 30.5 Å². The summed E-state index contributed by atoms with van der Waals surface area (Å²) in [6.45, 7) is 10.6. The minimum absolute atomic E-state index is 0.250. The van der Waals surface area contributed by atoms with Crippen molar-refractivity contribution >= 4 is 0 Å². The van der Waals surface area contributed by atoms with Crippen LogP contribution in [0.1, 0.15) is 47.0 Å². The molecular formula is C14H29NO2. The molecule has 0 aromatic heterocycles. The Morgan fingerprint density at radius 3 is 2.41 bits per heavy atom. The van der Waals surface area contributed by atoms with Crippen LogP contribution < -0.4 is 5.32 Å². The summed E-state index contributed by atoms with van der Waals surface area (Å²) in [6, 6.07) is 0.473. The second-order valence-electron chi connectivity index (χ2n) is 6.19. The van der Waals surface area contributed by atoms with Gasteiger partial charge in [-0.15, -0.1) is 0 Å². The lowest BCUT2D eigenvalue weighted by Gasteiger charge is -2.44. The maximum absolute atomic E-state index is 5.93. The molecule has 1 N–H and O–H groups in total. The molecule has 0 radical (unpaired) electrons. The quantitative estimate of drug-likeness (QED) is 0.745. The lowest BCUT2D eigenvalue weighted by molar-refractivity contribution is -0.148. The molecule has 1 aliphatic rings. The van der Waals surface area contributed by atoms with Crippen LogP contribution in [-0.2, 0) is 9.47 Å². The minimum Gasteiger partial charge on any atom is -0.375 e. The van der Waals surface area contributed by atoms with E-state index in [1.54, 1.807) is 0 Å². The summed E-state index contributed by atoms with van der Waals surface area (Å²) in [6.07, 6.45) is 3.80. The molecule has 0 aromatic rings. The summed E-state index contributed by atoms with van der Waals surface area (Å²) in [7, 11) is 2.00. The number of rotatable bonds is 7. The Morgan fingerprint density at radius 1 is 1.18 bits per heavy atom. The van der Waals surface area contributed by atoms with Crippen molar-refractivity contribution in [2.75, 3.05) is 20.3 Å². The summed E-state index contributed by atoms with van der Waals surface area (Å²) < 4.78 is 11.8. The van der Waals surface area contributed by atoms with Gasteiger partial charge in [-0.3, -0.25) is 0 Å². The van der Waals surface area contributed by atoms with E-state index in [2.05, 4.69) is 33.0 Å². The Bertz CT molecular complexity index is 213. The lowest BCUT2D eigenvalue weighted by Crippen LogP contribution is -2.59. The normalized spacial score (nSPS) is 29.1. The zero-order valence-electron chi connectivity index (χ0n) is 12.1. The van der Waals surface area contributed by atoms with Gasteiger partial charge in [0.15, 0.2) is 0 Å². The Hall–Kier alpha value is -0.120. The molecule has 17 heavy (non-hydrogen) atoms. The van der Waals surface area contributed by atoms with E-state index in [1.807, 2.05) is 7.05 Å². The lowest BCUT2D eigenvalue weighted by atomic mass is 9.85. The molecule has 1 saturated carbocycles. The van der Waals surface area contributed by atoms with Crippen LogP contribution >= 0.6 is 0 Å². The van der Waals surface area contributed by atoms with E-state index < -0.39 is 0 Å². The minimum atomic E-state index is 0.250. The molecule has 0 aromatic carbocycles. The van der Waals surface area contributed by atoms with E-state index in [4.69, 9.17) is 9.47 Å². The molecule has 3 nitrogen and oxygen atoms in total. The maximum Gasteiger partial charge on any atom is 0.0990 e. The Balaban J connectivity index is 2.24. The van der Waals surface area contributed by atoms with Crippen molar-refractivity contribution in [1.82, 2.24) is 5.32 Å². The smallest absolute Gasteiger partial charge is 0.0990 e. The first kappa shape index (κ1) is 14.9. The Labute approximate surface area is 106 Å². The van der Waals surface area contributed by atoms with Crippen molar-refractivity contribution in [1.29, 1.82) is 0 Å². The zero-order chi connectivity index (χ0) is 12.9. The monoisotopic (exact) mass is 243 g/mol. The van der Waals surface area contributed by atoms with Gasteiger partial charge in [0.2, 0.25) is 0 Å². The van der Waals surface area contributed by atoms with Gasteiger partial charge in [-0.25, -0.2) is 0 Å². The van der Waals surface area contributed by atoms with Crippen LogP contribution in [0, 0.1) is 5.41 Å². The maximum atomic E-state index is 5.93. The highest BCUT2D eigenvalue weighted by Gasteiger charge is 2.41. The molecule has 1 aliphatic carbocycles. The fraction of sp³-hybridized carbons (Fsp3) is 1.00. The predicted octanol–water partition coefficient (Wildman–Crippen LogP) is 2.59. The third-order valence-electron chi connectivity index (χ3n) is 3.32. The summed E-state index contributed by atoms with van der Waals surface area (Å²) >= 11 is 0. The van der Waals surface area contributed by atoms with Gasteiger partial charge >= 0.3 is 0 Å². The molecule has 3 heteroatoms. The molecule has 0 spiro atoms. The molecular weight excluding hydrogens is 214 g/mol. The Morgan fingerprint density at radius 2 is 1.88 bits per heavy atom. The zero-order valence-corrected chi connectivity index (χ0v) is 12.1. The second kappa shape index (κ2) is 6.72. The highest BCUT2D eigenvalue weighted by molar-refractivity contribution is 4.96. The van der Waals surface area contributed by atoms with Crippen LogP contribution in [0.15, 0.2) is 0 Å². The van der Waals surface area contributed by atoms with Crippen molar-refractivity contribution in [3.8, 4) is 0 Å². The van der Waals surface area contributed by atoms with Gasteiger partial charge < -0.3 is 14.8 Å². The Kier molecular flexibility index (Phi) is 5.90. The highest BCUT2D eigenvalue weighted by Crippen LogP contribution is 2.28. The molecule has 0 amide bonds. The second-order valence-corrected chi connectivity index (χ2v) is 6.19. The van der Waals surface area contributed by atoms with Crippen molar-refractivity contribution in [3.63, 3.8) is 0 Å². The first-order valence-electron chi connectivity index (χ1n) is 6.88. The van der Waals surface area contributed by atoms with Crippen molar-refractivity contribution < 1.29 is 9.47 Å². The standard InChI is InChI=1S/C14H29NO2/c1-6-8-17-13-11(15-5)10-12(13)16-9-7-14(2,3)4/h11-13,15H,6-10H2,1-5H3. The van der Waals surface area contributed by atoms with Crippen LogP contribution in [0.5, 0.6) is 0 Å². The molecule has 0 saturated heterocycles. The van der Waals surface area contributed by atoms with Crippen LogP contribution in [0.3, 0.4) is 0 Å². The van der Waals surface area contributed by atoms with E-state index in [1.165, 1.54) is 0 Å². The molecule has 1 fully saturated rings. The number of hydrogen-bond acceptors (Lipinski definition) is 3. The van der Waals surface area contributed by atoms with Crippen LogP contribution in [-0.4, -0.2) is 38.5 Å². The third-order valence-corrected chi connectivity index (χ3v) is 3.32. The van der Waals surface area contributed by atoms with Crippen LogP contribution in [0.25, 0.3) is 0 Å². The predicted molar refractivity (Wildman–Crippen MR) is 71.3 cm³/mol. The summed E-state index contributed by atoms with van der Waals surface area (Å²) in [5.41, 5.74) is 0.353. The van der Waals surface area contributed by atoms with Crippen molar-refractivity contribution in [2.45, 2.75) is 65.2 Å². The van der Waals surface area contributed by atoms with Gasteiger partial charge in [0.1, 0.15) is 0 Å². The van der Waals surface area contributed by atoms with E-state index in [0.717, 1.165) is 32.5 Å². The largest absolute Gasteiger partial charge is 0.375 e. The molecule has 3 atom stereocenters. The van der Waals surface area contributed by atoms with E-state index >= 15 is 0 Å². The van der Waals surface area contributed by atoms with Gasteiger partial charge in [0.05, 0.1) is 12.2 Å². The number of ether oxygens (including phenoxy) is 2. The van der Waals surface area contributed by atoms with Gasteiger partial charge in [0.25, 0.3) is 0 Å². The number of hydrogen-bond donors (Lipinski definition) is 1. The van der Waals surface area contributed by atoms with Gasteiger partial charge in [-0.2, -0.15) is 0 Å². The van der Waals surface area contributed by atoms with E-state index in [9.17, 15) is 0 Å². The molecule has 0 bridgehead atoms. The van der Waals surface area contributed by atoms with Crippen molar-refractivity contribution in [2.24, 2.45) is 5.41 Å². The summed E-state index contributed by atoms with van der Waals surface area (Å²) in [5, 5.41) is 3.29. The fourth-order valence-electron chi connectivity index (χ4n) is 2.02. The average molecular weight is 243 g/mol. The highest BCUT2D eigenvalue weighted by atomic mass is 16.5. The van der Waals surface area contributed by atoms with Gasteiger partial charge in [-0.1, -0.05) is 27.7 Å². The molecule has 102 valence electrons. The SMILES string of the molecule is CCCOC1C(NC)CC1OCCC(C)(C)C. The van der Waals surface area contributed by atoms with E-state index in [-0.39, 0.29) is 6.10 Å². The van der Waals surface area contributed by atoms with Gasteiger partial charge in [0, 0.05) is 19.3 Å². The van der Waals surface area contributed by atoms with E-state index in [0.29, 0.717) is 17.6 Å².